The SMILES string of the molecule is Cc1ccc(Cl)cc1NC(=O)/C(C#N)=C\c1cc(C)n(-c2ccc(I)cc2)c1C. The lowest BCUT2D eigenvalue weighted by Crippen LogP contribution is -2.14. The summed E-state index contributed by atoms with van der Waals surface area (Å²) >= 11 is 8.29. The van der Waals surface area contributed by atoms with E-state index in [0.717, 1.165) is 31.8 Å². The van der Waals surface area contributed by atoms with Gasteiger partial charge in [0.2, 0.25) is 0 Å². The van der Waals surface area contributed by atoms with Crippen molar-refractivity contribution in [3.05, 3.63) is 85.2 Å². The summed E-state index contributed by atoms with van der Waals surface area (Å²) in [6.45, 7) is 5.85. The molecule has 0 saturated carbocycles. The first-order valence-electron chi connectivity index (χ1n) is 8.94. The van der Waals surface area contributed by atoms with Crippen LogP contribution in [0.5, 0.6) is 0 Å². The average Bonchev–Trinajstić information content (AvgIpc) is 2.96. The monoisotopic (exact) mass is 515 g/mol. The van der Waals surface area contributed by atoms with Crippen molar-refractivity contribution in [2.24, 2.45) is 0 Å². The quantitative estimate of drug-likeness (QED) is 0.255. The van der Waals surface area contributed by atoms with Gasteiger partial charge in [-0.25, -0.2) is 0 Å². The second-order valence-corrected chi connectivity index (χ2v) is 8.40. The van der Waals surface area contributed by atoms with Crippen molar-refractivity contribution in [1.29, 1.82) is 5.26 Å². The third-order valence-corrected chi connectivity index (χ3v) is 5.62. The van der Waals surface area contributed by atoms with E-state index in [1.165, 1.54) is 0 Å². The third-order valence-electron chi connectivity index (χ3n) is 4.67. The maximum Gasteiger partial charge on any atom is 0.266 e. The van der Waals surface area contributed by atoms with Crippen LogP contribution in [0.2, 0.25) is 5.02 Å². The molecule has 2 aromatic carbocycles. The van der Waals surface area contributed by atoms with Gasteiger partial charge in [0.15, 0.2) is 0 Å². The van der Waals surface area contributed by atoms with E-state index in [9.17, 15) is 10.1 Å². The van der Waals surface area contributed by atoms with Gasteiger partial charge >= 0.3 is 0 Å². The van der Waals surface area contributed by atoms with Crippen molar-refractivity contribution in [2.75, 3.05) is 5.32 Å². The Labute approximate surface area is 188 Å². The lowest BCUT2D eigenvalue weighted by atomic mass is 10.1. The summed E-state index contributed by atoms with van der Waals surface area (Å²) in [5.74, 6) is -0.461. The van der Waals surface area contributed by atoms with Crippen LogP contribution in [-0.2, 0) is 4.79 Å². The second-order valence-electron chi connectivity index (χ2n) is 6.72. The fourth-order valence-corrected chi connectivity index (χ4v) is 3.68. The number of anilines is 1. The second kappa shape index (κ2) is 8.85. The highest BCUT2D eigenvalue weighted by Crippen LogP contribution is 2.25. The highest BCUT2D eigenvalue weighted by atomic mass is 127. The first-order chi connectivity index (χ1) is 13.8. The molecule has 0 unspecified atom stereocenters. The van der Waals surface area contributed by atoms with Crippen molar-refractivity contribution in [1.82, 2.24) is 4.57 Å². The predicted octanol–water partition coefficient (Wildman–Crippen LogP) is 6.21. The summed E-state index contributed by atoms with van der Waals surface area (Å²) in [7, 11) is 0. The summed E-state index contributed by atoms with van der Waals surface area (Å²) in [6.07, 6.45) is 1.63. The molecule has 3 aromatic rings. The van der Waals surface area contributed by atoms with Gasteiger partial charge in [0.25, 0.3) is 5.91 Å². The molecule has 0 bridgehead atoms. The Bertz CT molecular complexity index is 1150. The van der Waals surface area contributed by atoms with Crippen molar-refractivity contribution >= 4 is 51.9 Å². The molecule has 146 valence electrons. The fourth-order valence-electron chi connectivity index (χ4n) is 3.14. The van der Waals surface area contributed by atoms with Gasteiger partial charge in [-0.05, 0) is 103 Å². The normalized spacial score (nSPS) is 11.2. The molecule has 3 rings (SSSR count). The average molecular weight is 516 g/mol. The van der Waals surface area contributed by atoms with Gasteiger partial charge in [0, 0.05) is 31.4 Å². The first kappa shape index (κ1) is 21.2. The van der Waals surface area contributed by atoms with Crippen LogP contribution >= 0.6 is 34.2 Å². The number of halogens is 2. The number of rotatable bonds is 4. The molecule has 0 atom stereocenters. The van der Waals surface area contributed by atoms with Gasteiger partial charge in [0.05, 0.1) is 0 Å². The smallest absolute Gasteiger partial charge is 0.266 e. The number of nitrogens with zero attached hydrogens (tertiary/aromatic N) is 2. The molecule has 4 nitrogen and oxygen atoms in total. The largest absolute Gasteiger partial charge is 0.321 e. The lowest BCUT2D eigenvalue weighted by molar-refractivity contribution is -0.112. The van der Waals surface area contributed by atoms with Gasteiger partial charge in [0.1, 0.15) is 11.6 Å². The van der Waals surface area contributed by atoms with E-state index < -0.39 is 5.91 Å². The minimum absolute atomic E-state index is 0.0345. The van der Waals surface area contributed by atoms with Crippen LogP contribution in [-0.4, -0.2) is 10.5 Å². The molecule has 1 aromatic heterocycles. The molecule has 0 radical (unpaired) electrons. The van der Waals surface area contributed by atoms with Crippen molar-refractivity contribution < 1.29 is 4.79 Å². The molecular formula is C23H19ClIN3O. The van der Waals surface area contributed by atoms with Gasteiger partial charge < -0.3 is 9.88 Å². The van der Waals surface area contributed by atoms with Crippen molar-refractivity contribution in [3.8, 4) is 11.8 Å². The highest BCUT2D eigenvalue weighted by molar-refractivity contribution is 14.1. The molecular weight excluding hydrogens is 497 g/mol. The number of aromatic nitrogens is 1. The number of carbonyl (C=O) groups excluding carboxylic acids is 1. The molecule has 6 heteroatoms. The maximum absolute atomic E-state index is 12.7. The molecule has 29 heavy (non-hydrogen) atoms. The Kier molecular flexibility index (Phi) is 6.46. The van der Waals surface area contributed by atoms with E-state index >= 15 is 0 Å². The summed E-state index contributed by atoms with van der Waals surface area (Å²) in [5.41, 5.74) is 5.35. The van der Waals surface area contributed by atoms with Gasteiger partial charge in [-0.1, -0.05) is 17.7 Å². The van der Waals surface area contributed by atoms with E-state index in [-0.39, 0.29) is 5.57 Å². The van der Waals surface area contributed by atoms with E-state index in [4.69, 9.17) is 11.6 Å². The van der Waals surface area contributed by atoms with Crippen LogP contribution < -0.4 is 5.32 Å². The van der Waals surface area contributed by atoms with Gasteiger partial charge in [-0.3, -0.25) is 4.79 Å². The topological polar surface area (TPSA) is 57.8 Å². The molecule has 0 aliphatic rings. The predicted molar refractivity (Wildman–Crippen MR) is 126 cm³/mol. The van der Waals surface area contributed by atoms with Crippen molar-refractivity contribution in [3.63, 3.8) is 0 Å². The minimum atomic E-state index is -0.461. The summed E-state index contributed by atoms with van der Waals surface area (Å²) < 4.78 is 3.27. The van der Waals surface area contributed by atoms with Crippen LogP contribution in [0.4, 0.5) is 5.69 Å². The minimum Gasteiger partial charge on any atom is -0.321 e. The van der Waals surface area contributed by atoms with Crippen LogP contribution in [0.1, 0.15) is 22.5 Å². The number of carbonyl (C=O) groups is 1. The molecule has 0 fully saturated rings. The first-order valence-corrected chi connectivity index (χ1v) is 10.4. The van der Waals surface area contributed by atoms with Crippen LogP contribution in [0.15, 0.2) is 54.1 Å². The summed E-state index contributed by atoms with van der Waals surface area (Å²) in [5, 5.41) is 12.9. The molecule has 0 spiro atoms. The molecule has 1 N–H and O–H groups in total. The Balaban J connectivity index is 1.94. The zero-order valence-electron chi connectivity index (χ0n) is 16.3. The van der Waals surface area contributed by atoms with Crippen LogP contribution in [0, 0.1) is 35.7 Å². The van der Waals surface area contributed by atoms with Crippen LogP contribution in [0.3, 0.4) is 0 Å². The van der Waals surface area contributed by atoms with Gasteiger partial charge in [-0.15, -0.1) is 0 Å². The van der Waals surface area contributed by atoms with E-state index in [0.29, 0.717) is 10.7 Å². The Morgan fingerprint density at radius 3 is 2.48 bits per heavy atom. The molecule has 0 aliphatic carbocycles. The Morgan fingerprint density at radius 2 is 1.83 bits per heavy atom. The Morgan fingerprint density at radius 1 is 1.14 bits per heavy atom. The molecule has 0 aliphatic heterocycles. The number of hydrogen-bond acceptors (Lipinski definition) is 2. The third kappa shape index (κ3) is 4.72. The maximum atomic E-state index is 12.7. The fraction of sp³-hybridized carbons (Fsp3) is 0.130. The van der Waals surface area contributed by atoms with Crippen molar-refractivity contribution in [2.45, 2.75) is 20.8 Å². The molecule has 1 amide bonds. The zero-order valence-corrected chi connectivity index (χ0v) is 19.2. The van der Waals surface area contributed by atoms with Crippen LogP contribution in [0.25, 0.3) is 11.8 Å². The number of nitrogens with one attached hydrogen (secondary N) is 1. The summed E-state index contributed by atoms with van der Waals surface area (Å²) in [6, 6.07) is 17.4. The summed E-state index contributed by atoms with van der Waals surface area (Å²) in [4.78, 5) is 12.7. The number of amides is 1. The number of hydrogen-bond donors (Lipinski definition) is 1. The molecule has 0 saturated heterocycles. The lowest BCUT2D eigenvalue weighted by Gasteiger charge is -2.10. The van der Waals surface area contributed by atoms with E-state index in [2.05, 4.69) is 44.6 Å². The van der Waals surface area contributed by atoms with Gasteiger partial charge in [-0.2, -0.15) is 5.26 Å². The van der Waals surface area contributed by atoms with E-state index in [1.807, 2.05) is 51.1 Å². The standard InChI is InChI=1S/C23H19ClIN3O/c1-14-4-5-19(24)12-22(14)27-23(29)18(13-26)11-17-10-15(2)28(16(17)3)21-8-6-20(25)7-9-21/h4-12H,1-3H3,(H,27,29)/b18-11-. The number of aryl methyl sites for hydroxylation is 2. The highest BCUT2D eigenvalue weighted by Gasteiger charge is 2.15. The van der Waals surface area contributed by atoms with E-state index in [1.54, 1.807) is 18.2 Å². The number of nitriles is 1. The zero-order chi connectivity index (χ0) is 21.1. The molecule has 1 heterocycles. The Hall–Kier alpha value is -2.56. The number of benzene rings is 2.